The van der Waals surface area contributed by atoms with Crippen LogP contribution in [0, 0.1) is 34.6 Å². The first kappa shape index (κ1) is 24.0. The van der Waals surface area contributed by atoms with Crippen LogP contribution in [0.1, 0.15) is 55.7 Å². The summed E-state index contributed by atoms with van der Waals surface area (Å²) in [5, 5.41) is 10.7. The molecule has 3 nitrogen and oxygen atoms in total. The summed E-state index contributed by atoms with van der Waals surface area (Å²) in [5.41, 5.74) is 8.84. The molecule has 3 rings (SSSR count). The van der Waals surface area contributed by atoms with Crippen LogP contribution in [-0.4, -0.2) is 17.1 Å². The van der Waals surface area contributed by atoms with E-state index in [0.717, 1.165) is 27.9 Å². The van der Waals surface area contributed by atoms with Crippen LogP contribution in [0.3, 0.4) is 0 Å². The molecule has 32 heavy (non-hydrogen) atoms. The zero-order valence-corrected chi connectivity index (χ0v) is 20.5. The number of ketones is 1. The maximum absolute atomic E-state index is 13.1. The maximum atomic E-state index is 13.1. The van der Waals surface area contributed by atoms with Gasteiger partial charge in [-0.1, -0.05) is 35.3 Å². The maximum Gasteiger partial charge on any atom is 0.163 e. The molecule has 0 saturated heterocycles. The number of rotatable bonds is 6. The Bertz CT molecular complexity index is 1200. The minimum absolute atomic E-state index is 0.0593. The van der Waals surface area contributed by atoms with Crippen molar-refractivity contribution < 1.29 is 9.90 Å². The molecule has 0 aliphatic rings. The molecule has 0 radical (unpaired) electrons. The molecule has 0 aliphatic heterocycles. The predicted octanol–water partition coefficient (Wildman–Crippen LogP) is 7.81. The average Bonchev–Trinajstić information content (AvgIpc) is 2.76. The van der Waals surface area contributed by atoms with Gasteiger partial charge in [0.15, 0.2) is 5.78 Å². The first-order valence-electron chi connectivity index (χ1n) is 10.5. The third-order valence-electron chi connectivity index (χ3n) is 6.24. The molecule has 1 N–H and O–H groups in total. The standard InChI is InChI=1S/C27H27Cl2NO2/c1-15-16(2)18(4)26(19(5)17(15)3)25(31)10-9-20-7-6-8-23(11-20)30-14-21-12-22(28)13-24(29)27(21)32/h6-8,11-14,32H,9-10H2,1-5H3. The van der Waals surface area contributed by atoms with E-state index in [1.165, 1.54) is 29.0 Å². The third kappa shape index (κ3) is 5.06. The van der Waals surface area contributed by atoms with Crippen molar-refractivity contribution in [2.75, 3.05) is 0 Å². The Morgan fingerprint density at radius 2 is 1.56 bits per heavy atom. The number of hydrogen-bond acceptors (Lipinski definition) is 3. The van der Waals surface area contributed by atoms with E-state index >= 15 is 0 Å². The van der Waals surface area contributed by atoms with Gasteiger partial charge in [0, 0.05) is 28.8 Å². The topological polar surface area (TPSA) is 49.7 Å². The number of nitrogens with zero attached hydrogens (tertiary/aromatic N) is 1. The van der Waals surface area contributed by atoms with Gasteiger partial charge in [-0.05, 0) is 98.7 Å². The van der Waals surface area contributed by atoms with E-state index in [1.807, 2.05) is 38.1 Å². The van der Waals surface area contributed by atoms with Gasteiger partial charge in [-0.25, -0.2) is 0 Å². The van der Waals surface area contributed by atoms with Crippen molar-refractivity contribution in [1.29, 1.82) is 0 Å². The van der Waals surface area contributed by atoms with E-state index in [9.17, 15) is 9.90 Å². The van der Waals surface area contributed by atoms with Gasteiger partial charge >= 0.3 is 0 Å². The smallest absolute Gasteiger partial charge is 0.163 e. The number of benzene rings is 3. The van der Waals surface area contributed by atoms with Gasteiger partial charge in [0.25, 0.3) is 0 Å². The Balaban J connectivity index is 1.77. The molecule has 0 unspecified atom stereocenters. The summed E-state index contributed by atoms with van der Waals surface area (Å²) in [6.45, 7) is 10.4. The number of phenolic OH excluding ortho intramolecular Hbond substituents is 1. The fraction of sp³-hybridized carbons (Fsp3) is 0.259. The number of Topliss-reactive ketones (excluding diaryl/α,β-unsaturated/α-hetero) is 1. The largest absolute Gasteiger partial charge is 0.506 e. The molecule has 166 valence electrons. The zero-order valence-electron chi connectivity index (χ0n) is 19.0. The van der Waals surface area contributed by atoms with Crippen LogP contribution >= 0.6 is 23.2 Å². The summed E-state index contributed by atoms with van der Waals surface area (Å²) < 4.78 is 0. The highest BCUT2D eigenvalue weighted by Gasteiger charge is 2.18. The summed E-state index contributed by atoms with van der Waals surface area (Å²) in [7, 11) is 0. The van der Waals surface area contributed by atoms with Crippen molar-refractivity contribution in [3.8, 4) is 5.75 Å². The van der Waals surface area contributed by atoms with Crippen molar-refractivity contribution in [2.45, 2.75) is 47.5 Å². The van der Waals surface area contributed by atoms with Crippen LogP contribution < -0.4 is 0 Å². The summed E-state index contributed by atoms with van der Waals surface area (Å²) in [6.07, 6.45) is 2.59. The van der Waals surface area contributed by atoms with E-state index in [-0.39, 0.29) is 16.6 Å². The minimum atomic E-state index is -0.0593. The number of hydrogen-bond donors (Lipinski definition) is 1. The van der Waals surface area contributed by atoms with Crippen LogP contribution in [0.25, 0.3) is 0 Å². The molecule has 0 saturated carbocycles. The molecule has 0 heterocycles. The number of aromatic hydroxyl groups is 1. The lowest BCUT2D eigenvalue weighted by atomic mass is 9.86. The lowest BCUT2D eigenvalue weighted by Crippen LogP contribution is -2.10. The quantitative estimate of drug-likeness (QED) is 0.296. The number of aliphatic imine (C=N–C) groups is 1. The normalized spacial score (nSPS) is 11.3. The molecule has 5 heteroatoms. The molecular formula is C27H27Cl2NO2. The van der Waals surface area contributed by atoms with Gasteiger partial charge in [0.05, 0.1) is 10.7 Å². The first-order chi connectivity index (χ1) is 15.1. The second-order valence-corrected chi connectivity index (χ2v) is 9.02. The second kappa shape index (κ2) is 9.89. The highest BCUT2D eigenvalue weighted by atomic mass is 35.5. The summed E-state index contributed by atoms with van der Waals surface area (Å²) in [6, 6.07) is 10.8. The van der Waals surface area contributed by atoms with Crippen LogP contribution in [0.5, 0.6) is 5.75 Å². The molecule has 0 aromatic heterocycles. The SMILES string of the molecule is Cc1c(C)c(C)c(C(=O)CCc2cccc(N=Cc3cc(Cl)cc(Cl)c3O)c2)c(C)c1C. The van der Waals surface area contributed by atoms with Crippen molar-refractivity contribution in [2.24, 2.45) is 4.99 Å². The van der Waals surface area contributed by atoms with Crippen LogP contribution in [0.4, 0.5) is 5.69 Å². The molecule has 0 aliphatic carbocycles. The van der Waals surface area contributed by atoms with Crippen LogP contribution in [-0.2, 0) is 6.42 Å². The molecule has 0 atom stereocenters. The van der Waals surface area contributed by atoms with Gasteiger partial charge < -0.3 is 5.11 Å². The van der Waals surface area contributed by atoms with E-state index in [4.69, 9.17) is 23.2 Å². The first-order valence-corrected chi connectivity index (χ1v) is 11.3. The zero-order chi connectivity index (χ0) is 23.6. The van der Waals surface area contributed by atoms with E-state index in [2.05, 4.69) is 25.8 Å². The number of aryl methyl sites for hydroxylation is 1. The Hall–Kier alpha value is -2.62. The van der Waals surface area contributed by atoms with Crippen LogP contribution in [0.15, 0.2) is 41.4 Å². The third-order valence-corrected chi connectivity index (χ3v) is 6.75. The highest BCUT2D eigenvalue weighted by Crippen LogP contribution is 2.31. The lowest BCUT2D eigenvalue weighted by molar-refractivity contribution is 0.0981. The van der Waals surface area contributed by atoms with E-state index in [0.29, 0.717) is 23.4 Å². The molecule has 0 spiro atoms. The molecule has 0 fully saturated rings. The lowest BCUT2D eigenvalue weighted by Gasteiger charge is -2.18. The van der Waals surface area contributed by atoms with Gasteiger partial charge in [0.2, 0.25) is 0 Å². The number of phenols is 1. The van der Waals surface area contributed by atoms with Gasteiger partial charge in [-0.2, -0.15) is 0 Å². The number of halogens is 2. The Labute approximate surface area is 199 Å². The van der Waals surface area contributed by atoms with E-state index in [1.54, 1.807) is 6.07 Å². The fourth-order valence-corrected chi connectivity index (χ4v) is 4.43. The molecule has 3 aromatic rings. The van der Waals surface area contributed by atoms with E-state index < -0.39 is 0 Å². The molecular weight excluding hydrogens is 441 g/mol. The van der Waals surface area contributed by atoms with Crippen molar-refractivity contribution in [1.82, 2.24) is 0 Å². The summed E-state index contributed by atoms with van der Waals surface area (Å²) >= 11 is 12.0. The Morgan fingerprint density at radius 3 is 2.22 bits per heavy atom. The monoisotopic (exact) mass is 467 g/mol. The average molecular weight is 468 g/mol. The van der Waals surface area contributed by atoms with Gasteiger partial charge in [0.1, 0.15) is 5.75 Å². The Morgan fingerprint density at radius 1 is 0.938 bits per heavy atom. The summed E-state index contributed by atoms with van der Waals surface area (Å²) in [5.74, 6) is 0.106. The van der Waals surface area contributed by atoms with Crippen LogP contribution in [0.2, 0.25) is 10.0 Å². The van der Waals surface area contributed by atoms with Crippen molar-refractivity contribution in [3.63, 3.8) is 0 Å². The molecule has 0 amide bonds. The molecule has 0 bridgehead atoms. The number of carbonyl (C=O) groups is 1. The van der Waals surface area contributed by atoms with Crippen molar-refractivity contribution in [3.05, 3.63) is 91.0 Å². The van der Waals surface area contributed by atoms with Gasteiger partial charge in [-0.3, -0.25) is 9.79 Å². The molecule has 3 aromatic carbocycles. The van der Waals surface area contributed by atoms with Crippen molar-refractivity contribution >= 4 is 40.9 Å². The highest BCUT2D eigenvalue weighted by molar-refractivity contribution is 6.36. The fourth-order valence-electron chi connectivity index (χ4n) is 3.92. The second-order valence-electron chi connectivity index (χ2n) is 8.18. The number of carbonyl (C=O) groups excluding carboxylic acids is 1. The predicted molar refractivity (Wildman–Crippen MR) is 135 cm³/mol. The van der Waals surface area contributed by atoms with Gasteiger partial charge in [-0.15, -0.1) is 0 Å². The minimum Gasteiger partial charge on any atom is -0.506 e. The Kier molecular flexibility index (Phi) is 7.43. The summed E-state index contributed by atoms with van der Waals surface area (Å²) in [4.78, 5) is 17.5.